The van der Waals surface area contributed by atoms with Crippen LogP contribution in [0.5, 0.6) is 0 Å². The van der Waals surface area contributed by atoms with Gasteiger partial charge in [0, 0.05) is 32.0 Å². The van der Waals surface area contributed by atoms with Crippen LogP contribution >= 0.6 is 0 Å². The van der Waals surface area contributed by atoms with Gasteiger partial charge in [-0.3, -0.25) is 9.69 Å². The predicted octanol–water partition coefficient (Wildman–Crippen LogP) is 1.46. The average Bonchev–Trinajstić information content (AvgIpc) is 2.43. The second kappa shape index (κ2) is 7.36. The van der Waals surface area contributed by atoms with E-state index in [2.05, 4.69) is 11.8 Å². The molecule has 3 atom stereocenters. The summed E-state index contributed by atoms with van der Waals surface area (Å²) in [6.45, 7) is 5.48. The quantitative estimate of drug-likeness (QED) is 0.821. The molecule has 0 spiro atoms. The first-order chi connectivity index (χ1) is 9.22. The van der Waals surface area contributed by atoms with E-state index in [1.807, 2.05) is 0 Å². The van der Waals surface area contributed by atoms with Crippen LogP contribution in [0.2, 0.25) is 0 Å². The van der Waals surface area contributed by atoms with E-state index in [-0.39, 0.29) is 18.6 Å². The standard InChI is InChI=1S/C15H27NO3/c1-2-3-12-4-5-15(18)13(8-12)9-16-6-7-19-14(10-16)11-17/h12-14,17H,2-11H2,1H3. The lowest BCUT2D eigenvalue weighted by Crippen LogP contribution is -2.47. The second-order valence-electron chi connectivity index (χ2n) is 6.03. The Kier molecular flexibility index (Phi) is 5.79. The first-order valence-corrected chi connectivity index (χ1v) is 7.70. The van der Waals surface area contributed by atoms with E-state index < -0.39 is 0 Å². The zero-order valence-corrected chi connectivity index (χ0v) is 12.0. The molecule has 110 valence electrons. The Morgan fingerprint density at radius 2 is 2.32 bits per heavy atom. The highest BCUT2D eigenvalue weighted by molar-refractivity contribution is 5.81. The number of aliphatic hydroxyl groups excluding tert-OH is 1. The van der Waals surface area contributed by atoms with Crippen LogP contribution in [0.25, 0.3) is 0 Å². The molecule has 3 unspecified atom stereocenters. The maximum Gasteiger partial charge on any atom is 0.137 e. The normalized spacial score (nSPS) is 33.6. The van der Waals surface area contributed by atoms with Crippen LogP contribution < -0.4 is 0 Å². The third kappa shape index (κ3) is 4.26. The van der Waals surface area contributed by atoms with Crippen molar-refractivity contribution < 1.29 is 14.6 Å². The SMILES string of the molecule is CCCC1CCC(=O)C(CN2CCOC(CO)C2)C1. The minimum atomic E-state index is -0.0705. The van der Waals surface area contributed by atoms with E-state index in [0.29, 0.717) is 12.4 Å². The van der Waals surface area contributed by atoms with Crippen LogP contribution in [-0.4, -0.2) is 54.7 Å². The molecule has 1 N–H and O–H groups in total. The molecular weight excluding hydrogens is 242 g/mol. The number of morpholine rings is 1. The Labute approximate surface area is 116 Å². The van der Waals surface area contributed by atoms with Gasteiger partial charge in [-0.1, -0.05) is 19.8 Å². The Morgan fingerprint density at radius 3 is 3.05 bits per heavy atom. The smallest absolute Gasteiger partial charge is 0.137 e. The molecule has 19 heavy (non-hydrogen) atoms. The molecule has 2 aliphatic rings. The fourth-order valence-electron chi connectivity index (χ4n) is 3.42. The molecule has 0 radical (unpaired) electrons. The van der Waals surface area contributed by atoms with Gasteiger partial charge < -0.3 is 9.84 Å². The number of ketones is 1. The molecule has 0 amide bonds. The van der Waals surface area contributed by atoms with Crippen molar-refractivity contribution in [2.45, 2.75) is 45.1 Å². The molecule has 0 aromatic rings. The number of rotatable bonds is 5. The molecule has 1 aliphatic carbocycles. The Morgan fingerprint density at radius 1 is 1.47 bits per heavy atom. The summed E-state index contributed by atoms with van der Waals surface area (Å²) in [5, 5.41) is 9.16. The monoisotopic (exact) mass is 269 g/mol. The molecule has 1 heterocycles. The summed E-state index contributed by atoms with van der Waals surface area (Å²) >= 11 is 0. The van der Waals surface area contributed by atoms with Gasteiger partial charge in [-0.05, 0) is 18.8 Å². The Balaban J connectivity index is 1.84. The van der Waals surface area contributed by atoms with Gasteiger partial charge in [-0.2, -0.15) is 0 Å². The Bertz CT molecular complexity index is 295. The lowest BCUT2D eigenvalue weighted by molar-refractivity contribution is -0.127. The number of hydrogen-bond acceptors (Lipinski definition) is 4. The van der Waals surface area contributed by atoms with Crippen molar-refractivity contribution in [3.8, 4) is 0 Å². The summed E-state index contributed by atoms with van der Waals surface area (Å²) in [5.74, 6) is 1.39. The molecule has 1 saturated carbocycles. The van der Waals surface area contributed by atoms with Gasteiger partial charge in [-0.15, -0.1) is 0 Å². The van der Waals surface area contributed by atoms with Crippen molar-refractivity contribution >= 4 is 5.78 Å². The highest BCUT2D eigenvalue weighted by atomic mass is 16.5. The molecule has 0 aromatic carbocycles. The molecule has 1 saturated heterocycles. The van der Waals surface area contributed by atoms with Crippen molar-refractivity contribution in [2.75, 3.05) is 32.8 Å². The second-order valence-corrected chi connectivity index (χ2v) is 6.03. The number of carbonyl (C=O) groups excluding carboxylic acids is 1. The lowest BCUT2D eigenvalue weighted by atomic mass is 9.78. The lowest BCUT2D eigenvalue weighted by Gasteiger charge is -2.36. The van der Waals surface area contributed by atoms with Crippen LogP contribution in [0.1, 0.15) is 39.0 Å². The van der Waals surface area contributed by atoms with Crippen LogP contribution in [0.3, 0.4) is 0 Å². The third-order valence-electron chi connectivity index (χ3n) is 4.47. The van der Waals surface area contributed by atoms with Gasteiger partial charge in [0.25, 0.3) is 0 Å². The number of nitrogens with zero attached hydrogens (tertiary/aromatic N) is 1. The largest absolute Gasteiger partial charge is 0.394 e. The maximum absolute atomic E-state index is 12.1. The average molecular weight is 269 g/mol. The molecule has 2 rings (SSSR count). The van der Waals surface area contributed by atoms with Gasteiger partial charge in [0.05, 0.1) is 19.3 Å². The number of carbonyl (C=O) groups is 1. The van der Waals surface area contributed by atoms with E-state index in [1.165, 1.54) is 12.8 Å². The minimum absolute atomic E-state index is 0.0705. The van der Waals surface area contributed by atoms with Crippen LogP contribution in [-0.2, 0) is 9.53 Å². The molecule has 2 fully saturated rings. The van der Waals surface area contributed by atoms with E-state index in [4.69, 9.17) is 9.84 Å². The molecule has 4 heteroatoms. The van der Waals surface area contributed by atoms with Crippen molar-refractivity contribution in [1.82, 2.24) is 4.90 Å². The van der Waals surface area contributed by atoms with Gasteiger partial charge in [0.2, 0.25) is 0 Å². The number of Topliss-reactive ketones (excluding diaryl/α,β-unsaturated/α-hetero) is 1. The highest BCUT2D eigenvalue weighted by Gasteiger charge is 2.31. The van der Waals surface area contributed by atoms with Crippen molar-refractivity contribution in [3.05, 3.63) is 0 Å². The van der Waals surface area contributed by atoms with Crippen molar-refractivity contribution in [3.63, 3.8) is 0 Å². The maximum atomic E-state index is 12.1. The molecule has 4 nitrogen and oxygen atoms in total. The summed E-state index contributed by atoms with van der Waals surface area (Å²) in [5.41, 5.74) is 0. The fourth-order valence-corrected chi connectivity index (χ4v) is 3.42. The summed E-state index contributed by atoms with van der Waals surface area (Å²) in [6, 6.07) is 0. The zero-order valence-electron chi connectivity index (χ0n) is 12.0. The number of hydrogen-bond donors (Lipinski definition) is 1. The Hall–Kier alpha value is -0.450. The summed E-state index contributed by atoms with van der Waals surface area (Å²) < 4.78 is 5.46. The van der Waals surface area contributed by atoms with E-state index in [1.54, 1.807) is 0 Å². The van der Waals surface area contributed by atoms with Gasteiger partial charge >= 0.3 is 0 Å². The van der Waals surface area contributed by atoms with E-state index in [0.717, 1.165) is 44.8 Å². The van der Waals surface area contributed by atoms with Gasteiger partial charge in [-0.25, -0.2) is 0 Å². The topological polar surface area (TPSA) is 49.8 Å². The van der Waals surface area contributed by atoms with Crippen molar-refractivity contribution in [2.24, 2.45) is 11.8 Å². The first kappa shape index (κ1) is 14.9. The van der Waals surface area contributed by atoms with Crippen molar-refractivity contribution in [1.29, 1.82) is 0 Å². The first-order valence-electron chi connectivity index (χ1n) is 7.70. The molecule has 1 aliphatic heterocycles. The summed E-state index contributed by atoms with van der Waals surface area (Å²) in [4.78, 5) is 14.4. The predicted molar refractivity (Wildman–Crippen MR) is 74.0 cm³/mol. The highest BCUT2D eigenvalue weighted by Crippen LogP contribution is 2.30. The van der Waals surface area contributed by atoms with Gasteiger partial charge in [0.15, 0.2) is 0 Å². The van der Waals surface area contributed by atoms with Crippen LogP contribution in [0, 0.1) is 11.8 Å². The van der Waals surface area contributed by atoms with Gasteiger partial charge in [0.1, 0.15) is 5.78 Å². The van der Waals surface area contributed by atoms with Crippen LogP contribution in [0.15, 0.2) is 0 Å². The summed E-state index contributed by atoms with van der Waals surface area (Å²) in [7, 11) is 0. The minimum Gasteiger partial charge on any atom is -0.394 e. The molecule has 0 aromatic heterocycles. The third-order valence-corrected chi connectivity index (χ3v) is 4.47. The zero-order chi connectivity index (χ0) is 13.7. The van der Waals surface area contributed by atoms with E-state index >= 15 is 0 Å². The fraction of sp³-hybridized carbons (Fsp3) is 0.933. The number of ether oxygens (including phenoxy) is 1. The molecular formula is C15H27NO3. The number of aliphatic hydroxyl groups is 1. The summed E-state index contributed by atoms with van der Waals surface area (Å²) in [6.07, 6.45) is 5.32. The van der Waals surface area contributed by atoms with Crippen LogP contribution in [0.4, 0.5) is 0 Å². The molecule has 0 bridgehead atoms. The van der Waals surface area contributed by atoms with E-state index in [9.17, 15) is 4.79 Å².